The van der Waals surface area contributed by atoms with E-state index in [0.29, 0.717) is 5.92 Å². The van der Waals surface area contributed by atoms with Gasteiger partial charge in [0.2, 0.25) is 11.8 Å². The van der Waals surface area contributed by atoms with Crippen molar-refractivity contribution in [2.24, 2.45) is 0 Å². The lowest BCUT2D eigenvalue weighted by Gasteiger charge is -2.19. The van der Waals surface area contributed by atoms with Crippen molar-refractivity contribution in [1.29, 1.82) is 0 Å². The molecule has 0 bridgehead atoms. The molecule has 1 saturated carbocycles. The van der Waals surface area contributed by atoms with E-state index in [4.69, 9.17) is 8.94 Å². The van der Waals surface area contributed by atoms with Crippen molar-refractivity contribution in [3.05, 3.63) is 29.6 Å². The number of hydrogen-bond acceptors (Lipinski definition) is 6. The molecule has 112 valence electrons. The zero-order chi connectivity index (χ0) is 14.2. The van der Waals surface area contributed by atoms with Crippen molar-refractivity contribution in [2.75, 3.05) is 6.54 Å². The molecule has 1 aliphatic carbocycles. The summed E-state index contributed by atoms with van der Waals surface area (Å²) >= 11 is 0. The zero-order valence-electron chi connectivity index (χ0n) is 12.3. The molecule has 2 fully saturated rings. The molecular weight excluding hydrogens is 268 g/mol. The Morgan fingerprint density at radius 1 is 1.33 bits per heavy atom. The predicted octanol–water partition coefficient (Wildman–Crippen LogP) is 2.83. The average Bonchev–Trinajstić information content (AvgIpc) is 2.95. The molecule has 1 saturated heterocycles. The SMILES string of the molecule is CCc1cnc(CN2CCC[C@@H]2c2noc(C3CC3)n2)o1. The van der Waals surface area contributed by atoms with Gasteiger partial charge in [-0.15, -0.1) is 0 Å². The number of aromatic nitrogens is 3. The molecule has 0 spiro atoms. The first-order chi connectivity index (χ1) is 10.3. The van der Waals surface area contributed by atoms with Crippen molar-refractivity contribution in [1.82, 2.24) is 20.0 Å². The van der Waals surface area contributed by atoms with Crippen molar-refractivity contribution < 1.29 is 8.94 Å². The van der Waals surface area contributed by atoms with Crippen LogP contribution in [0.2, 0.25) is 0 Å². The number of likely N-dealkylation sites (tertiary alicyclic amines) is 1. The first-order valence-corrected chi connectivity index (χ1v) is 7.84. The van der Waals surface area contributed by atoms with Crippen molar-refractivity contribution >= 4 is 0 Å². The maximum Gasteiger partial charge on any atom is 0.229 e. The van der Waals surface area contributed by atoms with Gasteiger partial charge in [0.05, 0.1) is 18.8 Å². The molecule has 0 N–H and O–H groups in total. The van der Waals surface area contributed by atoms with Crippen LogP contribution in [0, 0.1) is 0 Å². The van der Waals surface area contributed by atoms with Gasteiger partial charge in [0.1, 0.15) is 5.76 Å². The highest BCUT2D eigenvalue weighted by atomic mass is 16.5. The van der Waals surface area contributed by atoms with Gasteiger partial charge in [-0.25, -0.2) is 4.98 Å². The largest absolute Gasteiger partial charge is 0.444 e. The fraction of sp³-hybridized carbons (Fsp3) is 0.667. The molecule has 0 radical (unpaired) electrons. The Kier molecular flexibility index (Phi) is 3.25. The summed E-state index contributed by atoms with van der Waals surface area (Å²) in [6.45, 7) is 3.82. The smallest absolute Gasteiger partial charge is 0.229 e. The van der Waals surface area contributed by atoms with Gasteiger partial charge < -0.3 is 8.94 Å². The van der Waals surface area contributed by atoms with Gasteiger partial charge in [0.15, 0.2) is 5.82 Å². The van der Waals surface area contributed by atoms with Crippen LogP contribution in [0.3, 0.4) is 0 Å². The summed E-state index contributed by atoms with van der Waals surface area (Å²) in [4.78, 5) is 11.3. The van der Waals surface area contributed by atoms with Crippen LogP contribution in [0.15, 0.2) is 15.1 Å². The fourth-order valence-electron chi connectivity index (χ4n) is 2.94. The molecule has 6 nitrogen and oxygen atoms in total. The van der Waals surface area contributed by atoms with Crippen molar-refractivity contribution in [2.45, 2.75) is 57.5 Å². The van der Waals surface area contributed by atoms with Crippen molar-refractivity contribution in [3.8, 4) is 0 Å². The minimum atomic E-state index is 0.234. The standard InChI is InChI=1S/C15H20N4O2/c1-2-11-8-16-13(20-11)9-19-7-3-4-12(19)14-17-15(21-18-14)10-5-6-10/h8,10,12H,2-7,9H2,1H3/t12-/m1/s1. The quantitative estimate of drug-likeness (QED) is 0.842. The third kappa shape index (κ3) is 2.60. The van der Waals surface area contributed by atoms with Crippen molar-refractivity contribution in [3.63, 3.8) is 0 Å². The number of rotatable bonds is 5. The Labute approximate surface area is 123 Å². The topological polar surface area (TPSA) is 68.2 Å². The molecule has 21 heavy (non-hydrogen) atoms. The van der Waals surface area contributed by atoms with Crippen LogP contribution in [0.5, 0.6) is 0 Å². The summed E-state index contributed by atoms with van der Waals surface area (Å²) in [7, 11) is 0. The van der Waals surface area contributed by atoms with Crippen LogP contribution in [-0.4, -0.2) is 26.6 Å². The van der Waals surface area contributed by atoms with Crippen LogP contribution in [0.4, 0.5) is 0 Å². The van der Waals surface area contributed by atoms with Gasteiger partial charge in [-0.1, -0.05) is 12.1 Å². The van der Waals surface area contributed by atoms with Crippen LogP contribution in [-0.2, 0) is 13.0 Å². The second-order valence-electron chi connectivity index (χ2n) is 5.97. The highest BCUT2D eigenvalue weighted by Gasteiger charge is 2.34. The summed E-state index contributed by atoms with van der Waals surface area (Å²) in [5, 5.41) is 4.19. The van der Waals surface area contributed by atoms with Gasteiger partial charge in [0.25, 0.3) is 0 Å². The number of hydrogen-bond donors (Lipinski definition) is 0. The lowest BCUT2D eigenvalue weighted by atomic mass is 10.2. The van der Waals surface area contributed by atoms with E-state index in [2.05, 4.69) is 26.9 Å². The molecule has 2 aromatic rings. The second-order valence-corrected chi connectivity index (χ2v) is 5.97. The second kappa shape index (κ2) is 5.26. The lowest BCUT2D eigenvalue weighted by Crippen LogP contribution is -2.23. The minimum absolute atomic E-state index is 0.234. The summed E-state index contributed by atoms with van der Waals surface area (Å²) in [5.74, 6) is 3.89. The molecule has 1 atom stereocenters. The summed E-state index contributed by atoms with van der Waals surface area (Å²) in [6.07, 6.45) is 7.30. The van der Waals surface area contributed by atoms with E-state index in [-0.39, 0.29) is 6.04 Å². The van der Waals surface area contributed by atoms with Crippen LogP contribution < -0.4 is 0 Å². The number of aryl methyl sites for hydroxylation is 1. The molecule has 3 heterocycles. The van der Waals surface area contributed by atoms with E-state index in [0.717, 1.165) is 55.7 Å². The lowest BCUT2D eigenvalue weighted by molar-refractivity contribution is 0.210. The maximum atomic E-state index is 5.72. The van der Waals surface area contributed by atoms with E-state index in [1.54, 1.807) is 0 Å². The molecular formula is C15H20N4O2. The molecule has 2 aromatic heterocycles. The van der Waals surface area contributed by atoms with Gasteiger partial charge in [-0.05, 0) is 32.2 Å². The third-order valence-corrected chi connectivity index (χ3v) is 4.33. The van der Waals surface area contributed by atoms with E-state index in [1.807, 2.05) is 6.20 Å². The Morgan fingerprint density at radius 3 is 3.00 bits per heavy atom. The third-order valence-electron chi connectivity index (χ3n) is 4.33. The number of nitrogens with zero attached hydrogens (tertiary/aromatic N) is 4. The van der Waals surface area contributed by atoms with E-state index in [1.165, 1.54) is 12.8 Å². The molecule has 0 aromatic carbocycles. The summed E-state index contributed by atoms with van der Waals surface area (Å²) < 4.78 is 11.1. The normalized spacial score (nSPS) is 23.0. The van der Waals surface area contributed by atoms with Crippen LogP contribution in [0.25, 0.3) is 0 Å². The minimum Gasteiger partial charge on any atom is -0.444 e. The molecule has 1 aliphatic heterocycles. The molecule has 6 heteroatoms. The molecule has 2 aliphatic rings. The van der Waals surface area contributed by atoms with Crippen LogP contribution in [0.1, 0.15) is 67.9 Å². The Bertz CT molecular complexity index is 617. The molecule has 0 amide bonds. The Morgan fingerprint density at radius 2 is 2.24 bits per heavy atom. The first-order valence-electron chi connectivity index (χ1n) is 7.84. The number of oxazole rings is 1. The van der Waals surface area contributed by atoms with E-state index in [9.17, 15) is 0 Å². The average molecular weight is 288 g/mol. The molecule has 0 unspecified atom stereocenters. The first kappa shape index (κ1) is 13.0. The van der Waals surface area contributed by atoms with Crippen LogP contribution >= 0.6 is 0 Å². The van der Waals surface area contributed by atoms with Gasteiger partial charge in [-0.3, -0.25) is 4.90 Å². The highest BCUT2D eigenvalue weighted by Crippen LogP contribution is 2.40. The van der Waals surface area contributed by atoms with E-state index < -0.39 is 0 Å². The van der Waals surface area contributed by atoms with E-state index >= 15 is 0 Å². The zero-order valence-corrected chi connectivity index (χ0v) is 12.3. The van der Waals surface area contributed by atoms with Gasteiger partial charge in [-0.2, -0.15) is 4.98 Å². The predicted molar refractivity (Wildman–Crippen MR) is 74.5 cm³/mol. The fourth-order valence-corrected chi connectivity index (χ4v) is 2.94. The van der Waals surface area contributed by atoms with Gasteiger partial charge >= 0.3 is 0 Å². The maximum absolute atomic E-state index is 5.72. The van der Waals surface area contributed by atoms with Gasteiger partial charge in [0, 0.05) is 12.3 Å². The Hall–Kier alpha value is -1.69. The highest BCUT2D eigenvalue weighted by molar-refractivity contribution is 5.05. The molecule has 4 rings (SSSR count). The summed E-state index contributed by atoms with van der Waals surface area (Å²) in [5.41, 5.74) is 0. The summed E-state index contributed by atoms with van der Waals surface area (Å²) in [6, 6.07) is 0.234. The monoisotopic (exact) mass is 288 g/mol. The Balaban J connectivity index is 1.48.